The van der Waals surface area contributed by atoms with Crippen LogP contribution in [0.25, 0.3) is 0 Å². The van der Waals surface area contributed by atoms with Gasteiger partial charge in [-0.3, -0.25) is 5.21 Å². The average molecular weight is 314 g/mol. The topological polar surface area (TPSA) is 70.6 Å². The molecule has 116 valence electrons. The summed E-state index contributed by atoms with van der Waals surface area (Å²) in [5.74, 6) is -0.214. The fraction of sp³-hybridized carbons (Fsp3) is 0.500. The van der Waals surface area contributed by atoms with Crippen molar-refractivity contribution < 1.29 is 19.1 Å². The lowest BCUT2D eigenvalue weighted by atomic mass is 10.1. The van der Waals surface area contributed by atoms with Crippen molar-refractivity contribution in [3.63, 3.8) is 0 Å². The molecule has 0 aliphatic carbocycles. The van der Waals surface area contributed by atoms with Crippen LogP contribution in [0.5, 0.6) is 0 Å². The molecule has 0 bridgehead atoms. The van der Waals surface area contributed by atoms with E-state index in [4.69, 9.17) is 9.94 Å². The Balaban J connectivity index is 1.64. The third kappa shape index (κ3) is 5.18. The molecule has 21 heavy (non-hydrogen) atoms. The maximum Gasteiger partial charge on any atom is 0.338 e. The number of hydrogen-bond donors (Lipinski definition) is 3. The van der Waals surface area contributed by atoms with Crippen LogP contribution in [-0.4, -0.2) is 29.8 Å². The van der Waals surface area contributed by atoms with E-state index in [9.17, 15) is 9.18 Å². The van der Waals surface area contributed by atoms with Crippen molar-refractivity contribution in [3.05, 3.63) is 35.6 Å². The standard InChI is InChI=1S/C14H19FN2O3S/c15-11-4-2-10(3-5-11)12-6-7-13(21-12)20-9-1-8-16-14(18)17-19/h2-5,12-13,19H,1,6-9H2,(H2,16,17,18). The Morgan fingerprint density at radius 3 is 2.86 bits per heavy atom. The summed E-state index contributed by atoms with van der Waals surface area (Å²) in [7, 11) is 0. The van der Waals surface area contributed by atoms with Crippen molar-refractivity contribution in [2.24, 2.45) is 0 Å². The third-order valence-corrected chi connectivity index (χ3v) is 4.75. The summed E-state index contributed by atoms with van der Waals surface area (Å²) in [6.45, 7) is 1.00. The molecule has 2 amide bonds. The molecule has 0 radical (unpaired) electrons. The van der Waals surface area contributed by atoms with Crippen LogP contribution in [0.2, 0.25) is 0 Å². The zero-order chi connectivity index (χ0) is 15.1. The van der Waals surface area contributed by atoms with E-state index in [0.29, 0.717) is 24.8 Å². The molecule has 1 aliphatic heterocycles. The largest absolute Gasteiger partial charge is 0.368 e. The number of hydrogen-bond acceptors (Lipinski definition) is 4. The zero-order valence-electron chi connectivity index (χ0n) is 11.5. The molecule has 2 unspecified atom stereocenters. The number of ether oxygens (including phenoxy) is 1. The second-order valence-corrected chi connectivity index (χ2v) is 6.14. The fourth-order valence-electron chi connectivity index (χ4n) is 2.18. The predicted molar refractivity (Wildman–Crippen MR) is 78.6 cm³/mol. The molecule has 1 heterocycles. The summed E-state index contributed by atoms with van der Waals surface area (Å²) in [5.41, 5.74) is 2.78. The quantitative estimate of drug-likeness (QED) is 0.429. The van der Waals surface area contributed by atoms with Gasteiger partial charge in [-0.25, -0.2) is 14.7 Å². The first-order valence-electron chi connectivity index (χ1n) is 6.89. The van der Waals surface area contributed by atoms with Gasteiger partial charge >= 0.3 is 6.03 Å². The van der Waals surface area contributed by atoms with Crippen molar-refractivity contribution in [1.29, 1.82) is 0 Å². The van der Waals surface area contributed by atoms with Crippen LogP contribution in [0.4, 0.5) is 9.18 Å². The summed E-state index contributed by atoms with van der Waals surface area (Å²) >= 11 is 1.75. The maximum atomic E-state index is 12.9. The van der Waals surface area contributed by atoms with Crippen LogP contribution in [0, 0.1) is 5.82 Å². The van der Waals surface area contributed by atoms with Gasteiger partial charge in [0.1, 0.15) is 11.3 Å². The van der Waals surface area contributed by atoms with Gasteiger partial charge in [-0.1, -0.05) is 12.1 Å². The minimum absolute atomic E-state index is 0.145. The van der Waals surface area contributed by atoms with Crippen molar-refractivity contribution in [2.45, 2.75) is 29.9 Å². The molecule has 7 heteroatoms. The highest BCUT2D eigenvalue weighted by Gasteiger charge is 2.26. The minimum atomic E-state index is -0.610. The lowest BCUT2D eigenvalue weighted by Gasteiger charge is -2.13. The molecule has 0 spiro atoms. The Morgan fingerprint density at radius 1 is 1.38 bits per heavy atom. The first-order chi connectivity index (χ1) is 10.2. The number of rotatable bonds is 6. The van der Waals surface area contributed by atoms with Gasteiger partial charge in [0.25, 0.3) is 0 Å². The number of hydroxylamine groups is 1. The monoisotopic (exact) mass is 314 g/mol. The van der Waals surface area contributed by atoms with Crippen molar-refractivity contribution in [3.8, 4) is 0 Å². The van der Waals surface area contributed by atoms with Gasteiger partial charge in [-0.2, -0.15) is 0 Å². The summed E-state index contributed by atoms with van der Waals surface area (Å²) in [6.07, 6.45) is 2.68. The van der Waals surface area contributed by atoms with Gasteiger partial charge < -0.3 is 10.1 Å². The number of carbonyl (C=O) groups is 1. The Bertz CT molecular complexity index is 458. The fourth-order valence-corrected chi connectivity index (χ4v) is 3.58. The molecule has 1 aromatic rings. The van der Waals surface area contributed by atoms with Gasteiger partial charge in [0.05, 0.1) is 0 Å². The average Bonchev–Trinajstić information content (AvgIpc) is 2.96. The summed E-state index contributed by atoms with van der Waals surface area (Å²) in [5, 5.41) is 11.1. The summed E-state index contributed by atoms with van der Waals surface area (Å²) in [6, 6.07) is 6.02. The van der Waals surface area contributed by atoms with Crippen molar-refractivity contribution in [1.82, 2.24) is 10.8 Å². The highest BCUT2D eigenvalue weighted by Crippen LogP contribution is 2.45. The van der Waals surface area contributed by atoms with E-state index in [1.54, 1.807) is 11.8 Å². The first-order valence-corrected chi connectivity index (χ1v) is 7.84. The van der Waals surface area contributed by atoms with Crippen LogP contribution in [0.1, 0.15) is 30.1 Å². The number of thioether (sulfide) groups is 1. The first kappa shape index (κ1) is 16.1. The predicted octanol–water partition coefficient (Wildman–Crippen LogP) is 2.82. The molecule has 2 rings (SSSR count). The molecule has 5 nitrogen and oxygen atoms in total. The van der Waals surface area contributed by atoms with E-state index in [-0.39, 0.29) is 11.3 Å². The maximum absolute atomic E-state index is 12.9. The molecule has 1 aliphatic rings. The van der Waals surface area contributed by atoms with Crippen LogP contribution >= 0.6 is 11.8 Å². The number of halogens is 1. The Kier molecular flexibility index (Phi) is 6.28. The Hall–Kier alpha value is -1.31. The molecule has 1 aromatic carbocycles. The van der Waals surface area contributed by atoms with E-state index in [0.717, 1.165) is 18.4 Å². The van der Waals surface area contributed by atoms with E-state index in [1.807, 2.05) is 12.1 Å². The number of urea groups is 1. The lowest BCUT2D eigenvalue weighted by Crippen LogP contribution is -2.34. The molecule has 0 aromatic heterocycles. The second-order valence-electron chi connectivity index (χ2n) is 4.78. The SMILES string of the molecule is O=C(NO)NCCCOC1CCC(c2ccc(F)cc2)S1. The van der Waals surface area contributed by atoms with Crippen molar-refractivity contribution >= 4 is 17.8 Å². The third-order valence-electron chi connectivity index (χ3n) is 3.23. The summed E-state index contributed by atoms with van der Waals surface area (Å²) < 4.78 is 18.6. The number of amides is 2. The Labute approximate surface area is 127 Å². The zero-order valence-corrected chi connectivity index (χ0v) is 12.4. The number of benzene rings is 1. The normalized spacial score (nSPS) is 21.2. The van der Waals surface area contributed by atoms with Crippen LogP contribution < -0.4 is 10.8 Å². The molecular weight excluding hydrogens is 295 g/mol. The van der Waals surface area contributed by atoms with E-state index >= 15 is 0 Å². The van der Waals surface area contributed by atoms with Gasteiger partial charge in [0, 0.05) is 18.4 Å². The molecule has 3 N–H and O–H groups in total. The Morgan fingerprint density at radius 2 is 2.14 bits per heavy atom. The van der Waals surface area contributed by atoms with Gasteiger partial charge in [-0.05, 0) is 37.0 Å². The highest BCUT2D eigenvalue weighted by atomic mass is 32.2. The van der Waals surface area contributed by atoms with E-state index in [2.05, 4.69) is 5.32 Å². The second kappa shape index (κ2) is 8.21. The molecule has 2 atom stereocenters. The molecule has 0 saturated carbocycles. The van der Waals surface area contributed by atoms with Crippen molar-refractivity contribution in [2.75, 3.05) is 13.2 Å². The number of nitrogens with one attached hydrogen (secondary N) is 2. The van der Waals surface area contributed by atoms with Crippen LogP contribution in [-0.2, 0) is 4.74 Å². The number of carbonyl (C=O) groups excluding carboxylic acids is 1. The lowest BCUT2D eigenvalue weighted by molar-refractivity contribution is 0.108. The van der Waals surface area contributed by atoms with Gasteiger partial charge in [0.2, 0.25) is 0 Å². The summed E-state index contributed by atoms with van der Waals surface area (Å²) in [4.78, 5) is 10.7. The van der Waals surface area contributed by atoms with Crippen LogP contribution in [0.15, 0.2) is 24.3 Å². The van der Waals surface area contributed by atoms with E-state index < -0.39 is 6.03 Å². The van der Waals surface area contributed by atoms with Crippen LogP contribution in [0.3, 0.4) is 0 Å². The molecule has 1 saturated heterocycles. The van der Waals surface area contributed by atoms with Gasteiger partial charge in [-0.15, -0.1) is 11.8 Å². The smallest absolute Gasteiger partial charge is 0.338 e. The van der Waals surface area contributed by atoms with Gasteiger partial charge in [0.15, 0.2) is 0 Å². The minimum Gasteiger partial charge on any atom is -0.368 e. The van der Waals surface area contributed by atoms with E-state index in [1.165, 1.54) is 17.6 Å². The molecular formula is C14H19FN2O3S. The molecule has 1 fully saturated rings. The highest BCUT2D eigenvalue weighted by molar-refractivity contribution is 8.00.